The molecule has 1 aliphatic carbocycles. The van der Waals surface area contributed by atoms with E-state index in [4.69, 9.17) is 0 Å². The van der Waals surface area contributed by atoms with Gasteiger partial charge >= 0.3 is 0 Å². The number of para-hydroxylation sites is 2. The van der Waals surface area contributed by atoms with Crippen LogP contribution in [0.25, 0.3) is 0 Å². The number of hydrogen-bond donors (Lipinski definition) is 3. The van der Waals surface area contributed by atoms with E-state index in [-0.39, 0.29) is 0 Å². The largest absolute Gasteiger partial charge is 0.506 e. The first kappa shape index (κ1) is 16.9. The van der Waals surface area contributed by atoms with Gasteiger partial charge in [-0.25, -0.2) is 0 Å². The van der Waals surface area contributed by atoms with Crippen molar-refractivity contribution in [2.75, 3.05) is 44.2 Å². The lowest BCUT2D eigenvalue weighted by Gasteiger charge is -2.39. The van der Waals surface area contributed by atoms with Crippen LogP contribution in [0.2, 0.25) is 0 Å². The molecule has 0 aromatic heterocycles. The molecule has 6 heteroatoms. The van der Waals surface area contributed by atoms with Gasteiger partial charge in [-0.15, -0.1) is 0 Å². The van der Waals surface area contributed by atoms with Crippen molar-refractivity contribution in [2.45, 2.75) is 31.8 Å². The smallest absolute Gasteiger partial charge is 0.194 e. The number of benzene rings is 1. The van der Waals surface area contributed by atoms with E-state index in [2.05, 4.69) is 27.0 Å². The molecule has 3 N–H and O–H groups in total. The molecule has 0 spiro atoms. The van der Waals surface area contributed by atoms with Gasteiger partial charge in [0.1, 0.15) is 5.75 Å². The van der Waals surface area contributed by atoms with Crippen molar-refractivity contribution in [1.29, 1.82) is 0 Å². The first-order valence-corrected chi connectivity index (χ1v) is 8.90. The summed E-state index contributed by atoms with van der Waals surface area (Å²) < 4.78 is 0. The SMILES string of the molecule is CCNC(=NCC1(O)CCC1)N1CCN(c2ccccc2O)CC1. The molecule has 1 aliphatic heterocycles. The van der Waals surface area contributed by atoms with Crippen molar-refractivity contribution < 1.29 is 10.2 Å². The van der Waals surface area contributed by atoms with Gasteiger partial charge in [-0.3, -0.25) is 4.99 Å². The number of nitrogens with zero attached hydrogens (tertiary/aromatic N) is 3. The summed E-state index contributed by atoms with van der Waals surface area (Å²) in [5, 5.41) is 23.6. The summed E-state index contributed by atoms with van der Waals surface area (Å²) in [4.78, 5) is 9.10. The normalized spacial score (nSPS) is 20.7. The number of phenols is 1. The number of anilines is 1. The topological polar surface area (TPSA) is 71.3 Å². The summed E-state index contributed by atoms with van der Waals surface area (Å²) >= 11 is 0. The molecule has 132 valence electrons. The van der Waals surface area contributed by atoms with Gasteiger partial charge in [0.05, 0.1) is 17.8 Å². The maximum atomic E-state index is 10.3. The Kier molecular flexibility index (Phi) is 5.14. The Morgan fingerprint density at radius 2 is 1.92 bits per heavy atom. The van der Waals surface area contributed by atoms with Crippen molar-refractivity contribution in [1.82, 2.24) is 10.2 Å². The maximum absolute atomic E-state index is 10.3. The molecule has 2 fully saturated rings. The standard InChI is InChI=1S/C18H28N4O2/c1-2-19-17(20-14-18(24)8-5-9-18)22-12-10-21(11-13-22)15-6-3-4-7-16(15)23/h3-4,6-7,23-24H,2,5,8-14H2,1H3,(H,19,20). The molecule has 1 aromatic rings. The molecule has 1 aromatic carbocycles. The Hall–Kier alpha value is -1.95. The molecular formula is C18H28N4O2. The van der Waals surface area contributed by atoms with Crippen molar-refractivity contribution >= 4 is 11.6 Å². The molecular weight excluding hydrogens is 304 g/mol. The number of nitrogens with one attached hydrogen (secondary N) is 1. The summed E-state index contributed by atoms with van der Waals surface area (Å²) in [5.41, 5.74) is 0.307. The predicted molar refractivity (Wildman–Crippen MR) is 96.7 cm³/mol. The second kappa shape index (κ2) is 7.30. The van der Waals surface area contributed by atoms with E-state index in [1.165, 1.54) is 0 Å². The van der Waals surface area contributed by atoms with Gasteiger partial charge in [-0.1, -0.05) is 12.1 Å². The zero-order valence-electron chi connectivity index (χ0n) is 14.4. The number of rotatable bonds is 4. The lowest BCUT2D eigenvalue weighted by atomic mass is 9.80. The number of guanidine groups is 1. The molecule has 1 saturated carbocycles. The minimum absolute atomic E-state index is 0.332. The van der Waals surface area contributed by atoms with Crippen LogP contribution < -0.4 is 10.2 Å². The van der Waals surface area contributed by atoms with Crippen LogP contribution in [0.15, 0.2) is 29.3 Å². The molecule has 0 radical (unpaired) electrons. The molecule has 0 atom stereocenters. The molecule has 0 amide bonds. The molecule has 1 saturated heterocycles. The van der Waals surface area contributed by atoms with Crippen molar-refractivity contribution in [3.63, 3.8) is 0 Å². The van der Waals surface area contributed by atoms with Crippen LogP contribution in [0.4, 0.5) is 5.69 Å². The monoisotopic (exact) mass is 332 g/mol. The van der Waals surface area contributed by atoms with Crippen LogP contribution in [0, 0.1) is 0 Å². The molecule has 24 heavy (non-hydrogen) atoms. The van der Waals surface area contributed by atoms with E-state index in [1.807, 2.05) is 18.2 Å². The van der Waals surface area contributed by atoms with Crippen LogP contribution in [-0.2, 0) is 0 Å². The van der Waals surface area contributed by atoms with Crippen LogP contribution in [0.3, 0.4) is 0 Å². The fourth-order valence-electron chi connectivity index (χ4n) is 3.28. The Labute approximate surface area is 143 Å². The van der Waals surface area contributed by atoms with Gasteiger partial charge in [0, 0.05) is 32.7 Å². The summed E-state index contributed by atoms with van der Waals surface area (Å²) in [6.45, 7) is 6.73. The van der Waals surface area contributed by atoms with Crippen LogP contribution in [-0.4, -0.2) is 65.9 Å². The van der Waals surface area contributed by atoms with E-state index < -0.39 is 5.60 Å². The third-order valence-electron chi connectivity index (χ3n) is 4.94. The molecule has 0 bridgehead atoms. The third kappa shape index (κ3) is 3.75. The fraction of sp³-hybridized carbons (Fsp3) is 0.611. The van der Waals surface area contributed by atoms with E-state index >= 15 is 0 Å². The minimum Gasteiger partial charge on any atom is -0.506 e. The third-order valence-corrected chi connectivity index (χ3v) is 4.94. The number of hydrogen-bond acceptors (Lipinski definition) is 4. The Morgan fingerprint density at radius 3 is 2.50 bits per heavy atom. The second-order valence-electron chi connectivity index (χ2n) is 6.71. The van der Waals surface area contributed by atoms with Gasteiger partial charge in [0.2, 0.25) is 0 Å². The van der Waals surface area contributed by atoms with Crippen molar-refractivity contribution in [2.24, 2.45) is 4.99 Å². The zero-order chi connectivity index (χ0) is 17.0. The number of aliphatic hydroxyl groups is 1. The van der Waals surface area contributed by atoms with E-state index in [0.717, 1.165) is 63.6 Å². The molecule has 6 nitrogen and oxygen atoms in total. The predicted octanol–water partition coefficient (Wildman–Crippen LogP) is 1.39. The van der Waals surface area contributed by atoms with E-state index in [9.17, 15) is 10.2 Å². The number of aromatic hydroxyl groups is 1. The Bertz CT molecular complexity index is 578. The fourth-order valence-corrected chi connectivity index (χ4v) is 3.28. The molecule has 3 rings (SSSR count). The van der Waals surface area contributed by atoms with Gasteiger partial charge in [-0.2, -0.15) is 0 Å². The maximum Gasteiger partial charge on any atom is 0.194 e. The number of piperazine rings is 1. The number of aliphatic imine (C=N–C) groups is 1. The summed E-state index contributed by atoms with van der Waals surface area (Å²) in [7, 11) is 0. The molecule has 1 heterocycles. The highest BCUT2D eigenvalue weighted by Gasteiger charge is 2.34. The lowest BCUT2D eigenvalue weighted by molar-refractivity contribution is -0.0237. The van der Waals surface area contributed by atoms with Crippen LogP contribution >= 0.6 is 0 Å². The van der Waals surface area contributed by atoms with Gasteiger partial charge in [0.25, 0.3) is 0 Å². The molecule has 2 aliphatic rings. The quantitative estimate of drug-likeness (QED) is 0.574. The summed E-state index contributed by atoms with van der Waals surface area (Å²) in [6, 6.07) is 7.48. The Balaban J connectivity index is 1.60. The van der Waals surface area contributed by atoms with Gasteiger partial charge < -0.3 is 25.3 Å². The summed E-state index contributed by atoms with van der Waals surface area (Å²) in [5.74, 6) is 1.22. The average Bonchev–Trinajstić information content (AvgIpc) is 2.58. The number of phenolic OH excluding ortho intramolecular Hbond substituents is 1. The molecule has 0 unspecified atom stereocenters. The average molecular weight is 332 g/mol. The van der Waals surface area contributed by atoms with Gasteiger partial charge in [0.15, 0.2) is 5.96 Å². The van der Waals surface area contributed by atoms with Crippen molar-refractivity contribution in [3.05, 3.63) is 24.3 Å². The summed E-state index contributed by atoms with van der Waals surface area (Å²) in [6.07, 6.45) is 2.82. The van der Waals surface area contributed by atoms with E-state index in [1.54, 1.807) is 6.07 Å². The lowest BCUT2D eigenvalue weighted by Crippen LogP contribution is -2.53. The second-order valence-corrected chi connectivity index (χ2v) is 6.71. The van der Waals surface area contributed by atoms with Crippen molar-refractivity contribution in [3.8, 4) is 5.75 Å². The first-order valence-electron chi connectivity index (χ1n) is 8.90. The first-order chi connectivity index (χ1) is 11.6. The highest BCUT2D eigenvalue weighted by atomic mass is 16.3. The zero-order valence-corrected chi connectivity index (χ0v) is 14.4. The van der Waals surface area contributed by atoms with E-state index in [0.29, 0.717) is 12.3 Å². The Morgan fingerprint density at radius 1 is 1.21 bits per heavy atom. The van der Waals surface area contributed by atoms with Crippen LogP contribution in [0.1, 0.15) is 26.2 Å². The highest BCUT2D eigenvalue weighted by molar-refractivity contribution is 5.80. The van der Waals surface area contributed by atoms with Gasteiger partial charge in [-0.05, 0) is 38.3 Å². The van der Waals surface area contributed by atoms with Crippen LogP contribution in [0.5, 0.6) is 5.75 Å². The minimum atomic E-state index is -0.585. The highest BCUT2D eigenvalue weighted by Crippen LogP contribution is 2.31.